The molecule has 3 rings (SSSR count). The van der Waals surface area contributed by atoms with Crippen LogP contribution in [0.4, 0.5) is 27.6 Å². The Kier molecular flexibility index (Phi) is 7.75. The van der Waals surface area contributed by atoms with E-state index in [1.165, 1.54) is 12.1 Å². The van der Waals surface area contributed by atoms with Crippen LogP contribution in [0.25, 0.3) is 0 Å². The zero-order valence-corrected chi connectivity index (χ0v) is 17.7. The lowest BCUT2D eigenvalue weighted by Crippen LogP contribution is -2.53. The number of halogens is 6. The SMILES string of the molecule is O=C(COc1ccc(Cl)c(F)c1)N[C@H]1CC[C@H](C(=O)Nc2ccc(F)c(C(F)(F)F)c2)NC1. The Hall–Kier alpha value is -2.92. The molecular formula is C21H19ClF5N3O3. The summed E-state index contributed by atoms with van der Waals surface area (Å²) in [7, 11) is 0. The molecule has 2 amide bonds. The van der Waals surface area contributed by atoms with Gasteiger partial charge in [-0.3, -0.25) is 9.59 Å². The highest BCUT2D eigenvalue weighted by atomic mass is 35.5. The Labute approximate surface area is 190 Å². The van der Waals surface area contributed by atoms with Crippen LogP contribution in [0.1, 0.15) is 18.4 Å². The van der Waals surface area contributed by atoms with Crippen molar-refractivity contribution in [2.24, 2.45) is 0 Å². The summed E-state index contributed by atoms with van der Waals surface area (Å²) in [6.07, 6.45) is -4.16. The third-order valence-electron chi connectivity index (χ3n) is 4.90. The second-order valence-corrected chi connectivity index (χ2v) is 7.76. The van der Waals surface area contributed by atoms with E-state index in [0.717, 1.165) is 12.1 Å². The molecule has 1 fully saturated rings. The molecule has 33 heavy (non-hydrogen) atoms. The lowest BCUT2D eigenvalue weighted by molar-refractivity contribution is -0.140. The van der Waals surface area contributed by atoms with Crippen molar-refractivity contribution in [3.8, 4) is 5.75 Å². The summed E-state index contributed by atoms with van der Waals surface area (Å²) in [6.45, 7) is -0.121. The van der Waals surface area contributed by atoms with Crippen LogP contribution in [0, 0.1) is 11.6 Å². The molecule has 178 valence electrons. The third kappa shape index (κ3) is 6.78. The molecule has 0 bridgehead atoms. The summed E-state index contributed by atoms with van der Waals surface area (Å²) in [5.74, 6) is -3.00. The normalized spacial score (nSPS) is 18.5. The van der Waals surface area contributed by atoms with Crippen LogP contribution in [0.5, 0.6) is 5.75 Å². The highest BCUT2D eigenvalue weighted by Gasteiger charge is 2.34. The van der Waals surface area contributed by atoms with E-state index in [2.05, 4.69) is 16.0 Å². The van der Waals surface area contributed by atoms with Gasteiger partial charge in [0.15, 0.2) is 6.61 Å². The largest absolute Gasteiger partial charge is 0.484 e. The zero-order valence-electron chi connectivity index (χ0n) is 16.9. The minimum Gasteiger partial charge on any atom is -0.484 e. The van der Waals surface area contributed by atoms with E-state index in [4.69, 9.17) is 16.3 Å². The van der Waals surface area contributed by atoms with Gasteiger partial charge in [-0.2, -0.15) is 13.2 Å². The van der Waals surface area contributed by atoms with Crippen molar-refractivity contribution in [1.29, 1.82) is 0 Å². The van der Waals surface area contributed by atoms with Gasteiger partial charge < -0.3 is 20.7 Å². The van der Waals surface area contributed by atoms with Crippen LogP contribution in [-0.4, -0.2) is 37.0 Å². The highest BCUT2D eigenvalue weighted by Crippen LogP contribution is 2.33. The fourth-order valence-corrected chi connectivity index (χ4v) is 3.36. The van der Waals surface area contributed by atoms with E-state index in [-0.39, 0.29) is 35.7 Å². The molecule has 1 aliphatic rings. The second-order valence-electron chi connectivity index (χ2n) is 7.35. The second kappa shape index (κ2) is 10.3. The summed E-state index contributed by atoms with van der Waals surface area (Å²) in [6, 6.07) is 4.98. The van der Waals surface area contributed by atoms with Crippen LogP contribution < -0.4 is 20.7 Å². The van der Waals surface area contributed by atoms with Gasteiger partial charge in [0.2, 0.25) is 5.91 Å². The number of anilines is 1. The van der Waals surface area contributed by atoms with Gasteiger partial charge in [0.25, 0.3) is 5.91 Å². The maximum absolute atomic E-state index is 13.4. The number of carbonyl (C=O) groups excluding carboxylic acids is 2. The molecule has 0 unspecified atom stereocenters. The standard InChI is InChI=1S/C21H19ClF5N3O3/c22-15-4-3-13(8-17(15)24)33-10-19(31)29-12-2-6-18(28-9-12)20(32)30-11-1-5-16(23)14(7-11)21(25,26)27/h1,3-5,7-8,12,18,28H,2,6,9-10H2,(H,29,31)(H,30,32)/t12-,18+/m0/s1. The van der Waals surface area contributed by atoms with Crippen molar-refractivity contribution in [3.05, 3.63) is 58.6 Å². The molecule has 1 aliphatic heterocycles. The van der Waals surface area contributed by atoms with Crippen molar-refractivity contribution in [2.75, 3.05) is 18.5 Å². The summed E-state index contributed by atoms with van der Waals surface area (Å²) in [5.41, 5.74) is -1.65. The summed E-state index contributed by atoms with van der Waals surface area (Å²) in [5, 5.41) is 7.89. The van der Waals surface area contributed by atoms with Gasteiger partial charge in [-0.1, -0.05) is 11.6 Å². The smallest absolute Gasteiger partial charge is 0.419 e. The fraction of sp³-hybridized carbons (Fsp3) is 0.333. The predicted octanol–water partition coefficient (Wildman–Crippen LogP) is 3.89. The number of hydrogen-bond acceptors (Lipinski definition) is 4. The first-order valence-electron chi connectivity index (χ1n) is 9.81. The predicted molar refractivity (Wildman–Crippen MR) is 110 cm³/mol. The molecular weight excluding hydrogens is 473 g/mol. The average molecular weight is 492 g/mol. The topological polar surface area (TPSA) is 79.5 Å². The molecule has 0 radical (unpaired) electrons. The van der Waals surface area contributed by atoms with E-state index in [0.29, 0.717) is 25.0 Å². The number of carbonyl (C=O) groups is 2. The number of amides is 2. The minimum atomic E-state index is -4.88. The molecule has 12 heteroatoms. The molecule has 2 aromatic rings. The summed E-state index contributed by atoms with van der Waals surface area (Å²) < 4.78 is 70.4. The van der Waals surface area contributed by atoms with Gasteiger partial charge >= 0.3 is 6.18 Å². The molecule has 0 saturated carbocycles. The van der Waals surface area contributed by atoms with Crippen LogP contribution in [0.15, 0.2) is 36.4 Å². The number of rotatable bonds is 6. The molecule has 0 aromatic heterocycles. The van der Waals surface area contributed by atoms with E-state index < -0.39 is 41.2 Å². The number of benzene rings is 2. The Bertz CT molecular complexity index is 1030. The summed E-state index contributed by atoms with van der Waals surface area (Å²) in [4.78, 5) is 24.4. The first kappa shape index (κ1) is 24.7. The fourth-order valence-electron chi connectivity index (χ4n) is 3.24. The van der Waals surface area contributed by atoms with Gasteiger partial charge in [0.1, 0.15) is 17.4 Å². The Balaban J connectivity index is 1.45. The monoisotopic (exact) mass is 491 g/mol. The number of alkyl halides is 3. The van der Waals surface area contributed by atoms with E-state index >= 15 is 0 Å². The van der Waals surface area contributed by atoms with Crippen molar-refractivity contribution in [2.45, 2.75) is 31.1 Å². The number of ether oxygens (including phenoxy) is 1. The molecule has 3 N–H and O–H groups in total. The molecule has 1 saturated heterocycles. The maximum Gasteiger partial charge on any atom is 0.419 e. The summed E-state index contributed by atoms with van der Waals surface area (Å²) >= 11 is 5.58. The molecule has 0 aliphatic carbocycles. The van der Waals surface area contributed by atoms with Crippen molar-refractivity contribution in [1.82, 2.24) is 10.6 Å². The number of hydrogen-bond donors (Lipinski definition) is 3. The molecule has 2 aromatic carbocycles. The van der Waals surface area contributed by atoms with Crippen LogP contribution in [-0.2, 0) is 15.8 Å². The van der Waals surface area contributed by atoms with Crippen LogP contribution in [0.2, 0.25) is 5.02 Å². The quantitative estimate of drug-likeness (QED) is 0.536. The van der Waals surface area contributed by atoms with Crippen LogP contribution >= 0.6 is 11.6 Å². The van der Waals surface area contributed by atoms with E-state index in [9.17, 15) is 31.5 Å². The highest BCUT2D eigenvalue weighted by molar-refractivity contribution is 6.30. The Morgan fingerprint density at radius 2 is 1.85 bits per heavy atom. The maximum atomic E-state index is 13.4. The van der Waals surface area contributed by atoms with Gasteiger partial charge in [-0.25, -0.2) is 8.78 Å². The Morgan fingerprint density at radius 3 is 2.48 bits per heavy atom. The number of nitrogens with one attached hydrogen (secondary N) is 3. The molecule has 1 heterocycles. The number of piperidine rings is 1. The third-order valence-corrected chi connectivity index (χ3v) is 5.20. The molecule has 2 atom stereocenters. The van der Waals surface area contributed by atoms with Gasteiger partial charge in [-0.15, -0.1) is 0 Å². The Morgan fingerprint density at radius 1 is 1.09 bits per heavy atom. The van der Waals surface area contributed by atoms with Gasteiger partial charge in [0, 0.05) is 24.3 Å². The average Bonchev–Trinajstić information content (AvgIpc) is 2.75. The van der Waals surface area contributed by atoms with Gasteiger partial charge in [0.05, 0.1) is 16.6 Å². The van der Waals surface area contributed by atoms with E-state index in [1.54, 1.807) is 0 Å². The van der Waals surface area contributed by atoms with Crippen molar-refractivity contribution >= 4 is 29.1 Å². The first-order chi connectivity index (χ1) is 15.5. The lowest BCUT2D eigenvalue weighted by atomic mass is 10.00. The zero-order chi connectivity index (χ0) is 24.2. The van der Waals surface area contributed by atoms with Gasteiger partial charge in [-0.05, 0) is 43.2 Å². The lowest BCUT2D eigenvalue weighted by Gasteiger charge is -2.29. The molecule has 0 spiro atoms. The van der Waals surface area contributed by atoms with Crippen molar-refractivity contribution < 1.29 is 36.3 Å². The van der Waals surface area contributed by atoms with E-state index in [1.807, 2.05) is 0 Å². The van der Waals surface area contributed by atoms with Crippen LogP contribution in [0.3, 0.4) is 0 Å². The first-order valence-corrected chi connectivity index (χ1v) is 10.2. The van der Waals surface area contributed by atoms with Crippen molar-refractivity contribution in [3.63, 3.8) is 0 Å². The molecule has 6 nitrogen and oxygen atoms in total. The minimum absolute atomic E-state index is 0.0705.